The number of rotatable bonds is 3. The second-order valence-electron chi connectivity index (χ2n) is 3.07. The number of alkyl halides is 3. The first-order valence-corrected chi connectivity index (χ1v) is 4.31. The first-order valence-electron chi connectivity index (χ1n) is 4.31. The first-order chi connectivity index (χ1) is 7.36. The Hall–Kier alpha value is -1.63. The van der Waals surface area contributed by atoms with Gasteiger partial charge in [0.1, 0.15) is 0 Å². The van der Waals surface area contributed by atoms with Crippen LogP contribution in [0, 0.1) is 10.1 Å². The van der Waals surface area contributed by atoms with Gasteiger partial charge in [0.2, 0.25) is 0 Å². The Kier molecular flexibility index (Phi) is 3.48. The molecular weight excluding hydrogens is 227 g/mol. The Balaban J connectivity index is 3.23. The van der Waals surface area contributed by atoms with E-state index < -0.39 is 22.4 Å². The maximum atomic E-state index is 12.3. The zero-order chi connectivity index (χ0) is 12.3. The molecule has 0 radical (unpaired) electrons. The number of nitro benzene ring substituents is 1. The third kappa shape index (κ3) is 2.69. The Morgan fingerprint density at radius 3 is 2.44 bits per heavy atom. The first kappa shape index (κ1) is 12.4. The van der Waals surface area contributed by atoms with Gasteiger partial charge in [-0.2, -0.15) is 13.2 Å². The average Bonchev–Trinajstić information content (AvgIpc) is 2.16. The number of nitro groups is 1. The molecule has 0 saturated heterocycles. The van der Waals surface area contributed by atoms with Crippen LogP contribution in [0.2, 0.25) is 0 Å². The molecule has 0 aliphatic rings. The van der Waals surface area contributed by atoms with Crippen LogP contribution in [0.3, 0.4) is 0 Å². The SMILES string of the molecule is O=[N+]([O-])c1cc(C(F)(F)F)ccc1CCO. The van der Waals surface area contributed by atoms with E-state index in [0.717, 1.165) is 12.1 Å². The van der Waals surface area contributed by atoms with Crippen LogP contribution in [0.4, 0.5) is 18.9 Å². The molecule has 1 N–H and O–H groups in total. The lowest BCUT2D eigenvalue weighted by molar-refractivity contribution is -0.385. The minimum absolute atomic E-state index is 0.0472. The van der Waals surface area contributed by atoms with Crippen LogP contribution in [0.5, 0.6) is 0 Å². The van der Waals surface area contributed by atoms with E-state index in [1.54, 1.807) is 0 Å². The lowest BCUT2D eigenvalue weighted by atomic mass is 10.1. The van der Waals surface area contributed by atoms with Crippen molar-refractivity contribution in [2.75, 3.05) is 6.61 Å². The molecule has 16 heavy (non-hydrogen) atoms. The van der Waals surface area contributed by atoms with Gasteiger partial charge in [-0.1, -0.05) is 6.07 Å². The number of benzene rings is 1. The zero-order valence-electron chi connectivity index (χ0n) is 7.99. The zero-order valence-corrected chi connectivity index (χ0v) is 7.99. The van der Waals surface area contributed by atoms with Crippen molar-refractivity contribution in [1.29, 1.82) is 0 Å². The van der Waals surface area contributed by atoms with Gasteiger partial charge in [-0.25, -0.2) is 0 Å². The van der Waals surface area contributed by atoms with Gasteiger partial charge in [-0.3, -0.25) is 10.1 Å². The highest BCUT2D eigenvalue weighted by atomic mass is 19.4. The van der Waals surface area contributed by atoms with Crippen molar-refractivity contribution in [1.82, 2.24) is 0 Å². The Labute approximate surface area is 88.5 Å². The number of aliphatic hydroxyl groups is 1. The molecule has 0 aromatic heterocycles. The summed E-state index contributed by atoms with van der Waals surface area (Å²) in [4.78, 5) is 9.64. The Morgan fingerprint density at radius 2 is 2.00 bits per heavy atom. The second-order valence-corrected chi connectivity index (χ2v) is 3.07. The number of hydrogen-bond donors (Lipinski definition) is 1. The summed E-state index contributed by atoms with van der Waals surface area (Å²) in [7, 11) is 0. The molecule has 1 aromatic rings. The molecule has 0 amide bonds. The third-order valence-corrected chi connectivity index (χ3v) is 1.99. The summed E-state index contributed by atoms with van der Waals surface area (Å²) in [5, 5.41) is 19.1. The minimum atomic E-state index is -4.61. The van der Waals surface area contributed by atoms with Crippen LogP contribution in [0.1, 0.15) is 11.1 Å². The summed E-state index contributed by atoms with van der Waals surface area (Å²) in [6.45, 7) is -0.355. The van der Waals surface area contributed by atoms with E-state index in [9.17, 15) is 23.3 Å². The quantitative estimate of drug-likeness (QED) is 0.644. The maximum absolute atomic E-state index is 12.3. The highest BCUT2D eigenvalue weighted by Crippen LogP contribution is 2.33. The fraction of sp³-hybridized carbons (Fsp3) is 0.333. The second kappa shape index (κ2) is 4.48. The van der Waals surface area contributed by atoms with Crippen LogP contribution < -0.4 is 0 Å². The van der Waals surface area contributed by atoms with Crippen LogP contribution >= 0.6 is 0 Å². The molecule has 0 atom stereocenters. The molecule has 0 aliphatic carbocycles. The van der Waals surface area contributed by atoms with Crippen molar-refractivity contribution in [3.8, 4) is 0 Å². The molecule has 88 valence electrons. The Morgan fingerprint density at radius 1 is 1.38 bits per heavy atom. The van der Waals surface area contributed by atoms with E-state index in [0.29, 0.717) is 6.07 Å². The van der Waals surface area contributed by atoms with Gasteiger partial charge in [0.15, 0.2) is 0 Å². The molecule has 1 rings (SSSR count). The number of halogens is 3. The summed E-state index contributed by atoms with van der Waals surface area (Å²) < 4.78 is 36.8. The van der Waals surface area contributed by atoms with Crippen molar-refractivity contribution in [2.24, 2.45) is 0 Å². The Bertz CT molecular complexity index is 403. The van der Waals surface area contributed by atoms with Gasteiger partial charge >= 0.3 is 6.18 Å². The van der Waals surface area contributed by atoms with Crippen LogP contribution in [-0.2, 0) is 12.6 Å². The lowest BCUT2D eigenvalue weighted by Gasteiger charge is -2.08. The molecule has 0 saturated carbocycles. The monoisotopic (exact) mass is 235 g/mol. The minimum Gasteiger partial charge on any atom is -0.396 e. The molecule has 4 nitrogen and oxygen atoms in total. The fourth-order valence-electron chi connectivity index (χ4n) is 1.24. The van der Waals surface area contributed by atoms with E-state index in [-0.39, 0.29) is 18.6 Å². The summed E-state index contributed by atoms with van der Waals surface area (Å²) in [5.41, 5.74) is -1.61. The number of aliphatic hydroxyl groups excluding tert-OH is 1. The van der Waals surface area contributed by atoms with Gasteiger partial charge < -0.3 is 5.11 Å². The van der Waals surface area contributed by atoms with E-state index in [2.05, 4.69) is 0 Å². The van der Waals surface area contributed by atoms with Gasteiger partial charge in [0, 0.05) is 24.7 Å². The lowest BCUT2D eigenvalue weighted by Crippen LogP contribution is -2.07. The van der Waals surface area contributed by atoms with E-state index >= 15 is 0 Å². The molecule has 0 fully saturated rings. The summed E-state index contributed by atoms with van der Waals surface area (Å²) >= 11 is 0. The van der Waals surface area contributed by atoms with Gasteiger partial charge in [-0.15, -0.1) is 0 Å². The van der Waals surface area contributed by atoms with E-state index in [1.807, 2.05) is 0 Å². The molecule has 0 bridgehead atoms. The van der Waals surface area contributed by atoms with Crippen molar-refractivity contribution >= 4 is 5.69 Å². The molecular formula is C9H8F3NO3. The highest BCUT2D eigenvalue weighted by Gasteiger charge is 2.32. The largest absolute Gasteiger partial charge is 0.416 e. The molecule has 7 heteroatoms. The highest BCUT2D eigenvalue weighted by molar-refractivity contribution is 5.44. The number of hydrogen-bond acceptors (Lipinski definition) is 3. The van der Waals surface area contributed by atoms with Gasteiger partial charge in [0.25, 0.3) is 5.69 Å². The van der Waals surface area contributed by atoms with E-state index in [1.165, 1.54) is 0 Å². The van der Waals surface area contributed by atoms with Crippen molar-refractivity contribution in [3.63, 3.8) is 0 Å². The normalized spacial score (nSPS) is 11.5. The van der Waals surface area contributed by atoms with Crippen molar-refractivity contribution in [2.45, 2.75) is 12.6 Å². The smallest absolute Gasteiger partial charge is 0.396 e. The summed E-state index contributed by atoms with van der Waals surface area (Å²) in [6.07, 6.45) is -4.66. The summed E-state index contributed by atoms with van der Waals surface area (Å²) in [6, 6.07) is 2.25. The third-order valence-electron chi connectivity index (χ3n) is 1.99. The van der Waals surface area contributed by atoms with Crippen molar-refractivity contribution in [3.05, 3.63) is 39.4 Å². The van der Waals surface area contributed by atoms with E-state index in [4.69, 9.17) is 5.11 Å². The van der Waals surface area contributed by atoms with Crippen LogP contribution in [0.15, 0.2) is 18.2 Å². The predicted molar refractivity (Wildman–Crippen MR) is 48.9 cm³/mol. The summed E-state index contributed by atoms with van der Waals surface area (Å²) in [5.74, 6) is 0. The average molecular weight is 235 g/mol. The standard InChI is InChI=1S/C9H8F3NO3/c10-9(11,12)7-2-1-6(3-4-14)8(5-7)13(15)16/h1-2,5,14H,3-4H2. The van der Waals surface area contributed by atoms with Crippen molar-refractivity contribution < 1.29 is 23.2 Å². The van der Waals surface area contributed by atoms with Gasteiger partial charge in [-0.05, 0) is 6.07 Å². The van der Waals surface area contributed by atoms with Gasteiger partial charge in [0.05, 0.1) is 10.5 Å². The fourth-order valence-corrected chi connectivity index (χ4v) is 1.24. The maximum Gasteiger partial charge on any atom is 0.416 e. The molecule has 0 heterocycles. The molecule has 0 aliphatic heterocycles. The predicted octanol–water partition coefficient (Wildman–Crippen LogP) is 2.15. The topological polar surface area (TPSA) is 63.4 Å². The molecule has 0 unspecified atom stereocenters. The van der Waals surface area contributed by atoms with Crippen LogP contribution in [-0.4, -0.2) is 16.6 Å². The van der Waals surface area contributed by atoms with Crippen LogP contribution in [0.25, 0.3) is 0 Å². The number of nitrogens with zero attached hydrogens (tertiary/aromatic N) is 1. The molecule has 1 aromatic carbocycles. The molecule has 0 spiro atoms.